The van der Waals surface area contributed by atoms with Crippen LogP contribution in [-0.4, -0.2) is 27.0 Å². The topological polar surface area (TPSA) is 104 Å². The van der Waals surface area contributed by atoms with Crippen LogP contribution in [0.1, 0.15) is 39.1 Å². The molecule has 3 aromatic rings. The number of methoxy groups -OCH3 is 1. The maximum Gasteiger partial charge on any atom is 0.272 e. The minimum Gasteiger partial charge on any atom is -0.497 e. The molecule has 7 heteroatoms. The maximum atomic E-state index is 12.6. The molecule has 27 heavy (non-hydrogen) atoms. The van der Waals surface area contributed by atoms with Gasteiger partial charge in [0.15, 0.2) is 0 Å². The Kier molecular flexibility index (Phi) is 4.50. The first kappa shape index (κ1) is 17.1. The van der Waals surface area contributed by atoms with Crippen molar-refractivity contribution < 1.29 is 6.11 Å². The van der Waals surface area contributed by atoms with E-state index < -0.39 is 11.1 Å². The second kappa shape index (κ2) is 7.11. The zero-order valence-electron chi connectivity index (χ0n) is 16.6. The van der Waals surface area contributed by atoms with E-state index in [0.717, 1.165) is 0 Å². The number of hydrogen-bond donors (Lipinski definition) is 3. The summed E-state index contributed by atoms with van der Waals surface area (Å²) in [5.41, 5.74) is 0.358. The van der Waals surface area contributed by atoms with Crippen molar-refractivity contribution in [2.75, 3.05) is 7.11 Å². The molecule has 0 fully saturated rings. The van der Waals surface area contributed by atoms with Crippen LogP contribution in [0.15, 0.2) is 40.2 Å². The molecule has 0 bridgehead atoms. The number of ether oxygens (including phenoxy) is 1. The van der Waals surface area contributed by atoms with Gasteiger partial charge in [0.1, 0.15) is 16.4 Å². The average molecular weight is 367 g/mol. The molecule has 2 aromatic heterocycles. The first-order valence-electron chi connectivity index (χ1n) is 8.94. The van der Waals surface area contributed by atoms with Crippen LogP contribution in [0, 0.1) is 0 Å². The molecule has 3 rings (SSSR count). The number of hydrogen-bond acceptors (Lipinski definition) is 4. The van der Waals surface area contributed by atoms with Crippen LogP contribution in [0.2, 0.25) is 0 Å². The molecule has 0 unspecified atom stereocenters. The summed E-state index contributed by atoms with van der Waals surface area (Å²) in [6.45, 7) is 5.87. The number of aromatic nitrogens is 4. The predicted molar refractivity (Wildman–Crippen MR) is 104 cm³/mol. The summed E-state index contributed by atoms with van der Waals surface area (Å²) in [5.74, 6) is 0.639. The molecule has 0 atom stereocenters. The van der Waals surface area contributed by atoms with E-state index >= 15 is 0 Å². The fourth-order valence-electron chi connectivity index (χ4n) is 2.65. The molecular formula is C20H22N4O3. The van der Waals surface area contributed by atoms with E-state index in [1.54, 1.807) is 37.5 Å². The van der Waals surface area contributed by atoms with Crippen molar-refractivity contribution in [2.45, 2.75) is 26.2 Å². The first-order valence-corrected chi connectivity index (χ1v) is 8.44. The zero-order chi connectivity index (χ0) is 20.5. The Hall–Kier alpha value is -3.35. The van der Waals surface area contributed by atoms with Gasteiger partial charge in [0, 0.05) is 5.41 Å². The summed E-state index contributed by atoms with van der Waals surface area (Å²) in [7, 11) is 1.55. The van der Waals surface area contributed by atoms with Gasteiger partial charge in [0.25, 0.3) is 11.1 Å². The van der Waals surface area contributed by atoms with Gasteiger partial charge in [-0.1, -0.05) is 32.9 Å². The molecule has 1 aromatic carbocycles. The quantitative estimate of drug-likeness (QED) is 0.635. The number of imidazole rings is 1. The Bertz CT molecular complexity index is 1250. The molecule has 0 spiro atoms. The zero-order valence-corrected chi connectivity index (χ0v) is 15.6. The lowest BCUT2D eigenvalue weighted by Gasteiger charge is -2.16. The van der Waals surface area contributed by atoms with Gasteiger partial charge in [-0.25, -0.2) is 4.98 Å². The predicted octanol–water partition coefficient (Wildman–Crippen LogP) is 0.750. The standard InChI is InChI=1S/C20H22N4O3/c1-20(2,3)17-14(21-11-22-17)10-16-19(26)23-15(18(25)24-16)9-12-6-5-7-13(8-12)27-4/h5-11H,1-4H3,(H,21,22)(H,23,26)(H,24,25)/i10D. The summed E-state index contributed by atoms with van der Waals surface area (Å²) in [5, 5.41) is -0.0296. The van der Waals surface area contributed by atoms with Crippen molar-refractivity contribution in [3.05, 3.63) is 78.9 Å². The van der Waals surface area contributed by atoms with Gasteiger partial charge in [-0.15, -0.1) is 0 Å². The molecule has 3 N–H and O–H groups in total. The normalized spacial score (nSPS) is 14.1. The smallest absolute Gasteiger partial charge is 0.272 e. The third-order valence-corrected chi connectivity index (χ3v) is 3.96. The number of nitrogens with one attached hydrogen (secondary N) is 3. The number of rotatable bonds is 3. The van der Waals surface area contributed by atoms with Crippen molar-refractivity contribution >= 4 is 12.1 Å². The van der Waals surface area contributed by atoms with Crippen LogP contribution in [0.25, 0.3) is 12.1 Å². The lowest BCUT2D eigenvalue weighted by atomic mass is 9.90. The van der Waals surface area contributed by atoms with Crippen LogP contribution in [0.5, 0.6) is 5.75 Å². The van der Waals surface area contributed by atoms with E-state index in [9.17, 15) is 9.59 Å². The van der Waals surface area contributed by atoms with Crippen LogP contribution >= 0.6 is 0 Å². The van der Waals surface area contributed by atoms with E-state index in [1.807, 2.05) is 20.8 Å². The van der Waals surface area contributed by atoms with Gasteiger partial charge >= 0.3 is 0 Å². The molecule has 7 nitrogen and oxygen atoms in total. The van der Waals surface area contributed by atoms with E-state index in [1.165, 1.54) is 6.33 Å². The molecule has 0 saturated heterocycles. The Morgan fingerprint density at radius 3 is 2.56 bits per heavy atom. The highest BCUT2D eigenvalue weighted by Crippen LogP contribution is 2.22. The van der Waals surface area contributed by atoms with Gasteiger partial charge in [-0.05, 0) is 29.8 Å². The molecule has 0 aliphatic rings. The van der Waals surface area contributed by atoms with Crippen molar-refractivity contribution in [3.63, 3.8) is 0 Å². The second-order valence-electron chi connectivity index (χ2n) is 7.12. The second-order valence-corrected chi connectivity index (χ2v) is 7.12. The monoisotopic (exact) mass is 367 g/mol. The number of aromatic amines is 3. The van der Waals surface area contributed by atoms with Gasteiger partial charge in [-0.3, -0.25) is 9.59 Å². The Morgan fingerprint density at radius 1 is 1.15 bits per heavy atom. The van der Waals surface area contributed by atoms with E-state index in [4.69, 9.17) is 6.11 Å². The molecule has 0 aliphatic carbocycles. The van der Waals surface area contributed by atoms with Crippen LogP contribution < -0.4 is 26.6 Å². The maximum absolute atomic E-state index is 12.6. The summed E-state index contributed by atoms with van der Waals surface area (Å²) < 4.78 is 13.6. The van der Waals surface area contributed by atoms with Crippen molar-refractivity contribution in [1.82, 2.24) is 19.9 Å². The van der Waals surface area contributed by atoms with Gasteiger partial charge in [0.05, 0.1) is 26.2 Å². The largest absolute Gasteiger partial charge is 0.497 e. The fraction of sp³-hybridized carbons (Fsp3) is 0.250. The van der Waals surface area contributed by atoms with Crippen LogP contribution in [0.4, 0.5) is 0 Å². The van der Waals surface area contributed by atoms with Crippen molar-refractivity contribution in [1.29, 1.82) is 0 Å². The van der Waals surface area contributed by atoms with Gasteiger partial charge in [-0.2, -0.15) is 0 Å². The number of nitrogens with zero attached hydrogens (tertiary/aromatic N) is 1. The molecule has 0 amide bonds. The minimum atomic E-state index is -0.562. The highest BCUT2D eigenvalue weighted by Gasteiger charge is 2.19. The molecular weight excluding hydrogens is 344 g/mol. The third kappa shape index (κ3) is 4.08. The van der Waals surface area contributed by atoms with Gasteiger partial charge in [0.2, 0.25) is 0 Å². The summed E-state index contributed by atoms with van der Waals surface area (Å²) in [4.78, 5) is 37.3. The van der Waals surface area contributed by atoms with Crippen molar-refractivity contribution in [2.24, 2.45) is 0 Å². The minimum absolute atomic E-state index is 0.0930. The molecule has 0 saturated carbocycles. The molecule has 140 valence electrons. The highest BCUT2D eigenvalue weighted by molar-refractivity contribution is 5.51. The number of benzene rings is 1. The van der Waals surface area contributed by atoms with E-state index in [2.05, 4.69) is 19.9 Å². The first-order chi connectivity index (χ1) is 13.2. The summed E-state index contributed by atoms with van der Waals surface area (Å²) in [6.07, 6.45) is 3.02. The Balaban J connectivity index is 2.19. The van der Waals surface area contributed by atoms with Crippen molar-refractivity contribution in [3.8, 4) is 5.75 Å². The lowest BCUT2D eigenvalue weighted by molar-refractivity contribution is 0.414. The molecule has 2 heterocycles. The van der Waals surface area contributed by atoms with E-state index in [0.29, 0.717) is 22.7 Å². The average Bonchev–Trinajstić information content (AvgIpc) is 3.14. The molecule has 0 aliphatic heterocycles. The number of H-pyrrole nitrogens is 3. The summed E-state index contributed by atoms with van der Waals surface area (Å²) in [6, 6.07) is 6.98. The Labute approximate surface area is 156 Å². The summed E-state index contributed by atoms with van der Waals surface area (Å²) >= 11 is 0. The lowest BCUT2D eigenvalue weighted by Crippen LogP contribution is -2.46. The third-order valence-electron chi connectivity index (χ3n) is 3.96. The van der Waals surface area contributed by atoms with Gasteiger partial charge < -0.3 is 19.7 Å². The molecule has 0 radical (unpaired) electrons. The fourth-order valence-corrected chi connectivity index (χ4v) is 2.65. The van der Waals surface area contributed by atoms with Crippen LogP contribution in [0.3, 0.4) is 0 Å². The highest BCUT2D eigenvalue weighted by atomic mass is 16.5. The SMILES string of the molecule is [2H]C(c1[nH]cnc1C(C)(C)C)=c1[nH]c(=O)c(=Cc2cccc(OC)c2)[nH]c1=O. The van der Waals surface area contributed by atoms with Crippen LogP contribution in [-0.2, 0) is 5.41 Å². The Morgan fingerprint density at radius 2 is 1.85 bits per heavy atom. The van der Waals surface area contributed by atoms with E-state index in [-0.39, 0.29) is 22.2 Å².